The van der Waals surface area contributed by atoms with Gasteiger partial charge in [-0.1, -0.05) is 44.5 Å². The Hall–Kier alpha value is -0.820. The van der Waals surface area contributed by atoms with Crippen molar-refractivity contribution >= 4 is 0 Å². The summed E-state index contributed by atoms with van der Waals surface area (Å²) < 4.78 is 0. The highest BCUT2D eigenvalue weighted by molar-refractivity contribution is 5.32. The van der Waals surface area contributed by atoms with Gasteiger partial charge in [0.15, 0.2) is 0 Å². The molecule has 1 nitrogen and oxygen atoms in total. The van der Waals surface area contributed by atoms with E-state index in [9.17, 15) is 0 Å². The van der Waals surface area contributed by atoms with Crippen LogP contribution in [0.2, 0.25) is 0 Å². The van der Waals surface area contributed by atoms with E-state index < -0.39 is 0 Å². The largest absolute Gasteiger partial charge is 0.314 e. The van der Waals surface area contributed by atoms with Crippen LogP contribution >= 0.6 is 0 Å². The van der Waals surface area contributed by atoms with Crippen molar-refractivity contribution in [3.05, 3.63) is 35.4 Å². The second-order valence-corrected chi connectivity index (χ2v) is 6.81. The van der Waals surface area contributed by atoms with Gasteiger partial charge in [0.25, 0.3) is 0 Å². The summed E-state index contributed by atoms with van der Waals surface area (Å²) in [4.78, 5) is 0. The van der Waals surface area contributed by atoms with E-state index >= 15 is 0 Å². The van der Waals surface area contributed by atoms with Gasteiger partial charge in [0.1, 0.15) is 0 Å². The lowest BCUT2D eigenvalue weighted by atomic mass is 9.77. The fraction of sp³-hybridized carbons (Fsp3) is 0.667. The first-order chi connectivity index (χ1) is 9.21. The maximum Gasteiger partial charge on any atom is 0.00756 e. The molecule has 1 heteroatoms. The molecule has 2 atom stereocenters. The number of benzene rings is 1. The van der Waals surface area contributed by atoms with Crippen LogP contribution < -0.4 is 5.32 Å². The molecule has 3 rings (SSSR count). The van der Waals surface area contributed by atoms with Crippen molar-refractivity contribution < 1.29 is 0 Å². The molecule has 104 valence electrons. The Morgan fingerprint density at radius 3 is 2.47 bits per heavy atom. The molecule has 0 bridgehead atoms. The molecule has 0 aliphatic heterocycles. The summed E-state index contributed by atoms with van der Waals surface area (Å²) in [5.74, 6) is 0.861. The Morgan fingerprint density at radius 2 is 1.89 bits per heavy atom. The van der Waals surface area contributed by atoms with Crippen molar-refractivity contribution in [2.45, 2.75) is 69.7 Å². The summed E-state index contributed by atoms with van der Waals surface area (Å²) in [6.45, 7) is 5.76. The first kappa shape index (κ1) is 13.2. The van der Waals surface area contributed by atoms with Gasteiger partial charge in [0, 0.05) is 6.04 Å². The summed E-state index contributed by atoms with van der Waals surface area (Å²) in [7, 11) is 0. The van der Waals surface area contributed by atoms with E-state index in [1.807, 2.05) is 0 Å². The van der Waals surface area contributed by atoms with Crippen molar-refractivity contribution in [1.29, 1.82) is 0 Å². The molecule has 1 N–H and O–H groups in total. The fourth-order valence-electron chi connectivity index (χ4n) is 3.87. The van der Waals surface area contributed by atoms with E-state index in [-0.39, 0.29) is 0 Å². The topological polar surface area (TPSA) is 12.0 Å². The number of hydrogen-bond donors (Lipinski definition) is 1. The van der Waals surface area contributed by atoms with Gasteiger partial charge in [-0.15, -0.1) is 0 Å². The van der Waals surface area contributed by atoms with Crippen LogP contribution in [0.3, 0.4) is 0 Å². The predicted molar refractivity (Wildman–Crippen MR) is 81.7 cm³/mol. The summed E-state index contributed by atoms with van der Waals surface area (Å²) in [6, 6.07) is 10.3. The van der Waals surface area contributed by atoms with E-state index in [1.165, 1.54) is 38.5 Å². The number of hydrogen-bond acceptors (Lipinski definition) is 1. The number of nitrogens with one attached hydrogen (secondary N) is 1. The molecular formula is C18H27N. The van der Waals surface area contributed by atoms with Crippen LogP contribution in [0.25, 0.3) is 0 Å². The van der Waals surface area contributed by atoms with Gasteiger partial charge in [0.05, 0.1) is 0 Å². The molecule has 0 heterocycles. The smallest absolute Gasteiger partial charge is 0.00756 e. The Kier molecular flexibility index (Phi) is 3.66. The van der Waals surface area contributed by atoms with Crippen LogP contribution in [0.1, 0.15) is 69.4 Å². The molecule has 0 aromatic heterocycles. The minimum absolute atomic E-state index is 0.394. The van der Waals surface area contributed by atoms with Crippen LogP contribution in [0.5, 0.6) is 0 Å². The molecule has 1 aromatic carbocycles. The molecule has 2 unspecified atom stereocenters. The Bertz CT molecular complexity index is 418. The highest BCUT2D eigenvalue weighted by atomic mass is 14.9. The summed E-state index contributed by atoms with van der Waals surface area (Å²) in [5.41, 5.74) is 3.51. The van der Waals surface area contributed by atoms with E-state index in [0.29, 0.717) is 5.41 Å². The summed E-state index contributed by atoms with van der Waals surface area (Å²) in [5, 5.41) is 3.62. The van der Waals surface area contributed by atoms with Crippen molar-refractivity contribution in [3.8, 4) is 0 Å². The fourth-order valence-corrected chi connectivity index (χ4v) is 3.87. The van der Waals surface area contributed by atoms with Crippen LogP contribution in [-0.4, -0.2) is 12.6 Å². The quantitative estimate of drug-likeness (QED) is 0.844. The summed E-state index contributed by atoms with van der Waals surface area (Å²) in [6.07, 6.45) is 8.18. The molecule has 2 aliphatic rings. The monoisotopic (exact) mass is 257 g/mol. The minimum atomic E-state index is 0.394. The average molecular weight is 257 g/mol. The molecule has 1 aromatic rings. The van der Waals surface area contributed by atoms with Crippen LogP contribution in [0, 0.1) is 0 Å². The van der Waals surface area contributed by atoms with E-state index in [2.05, 4.69) is 43.4 Å². The average Bonchev–Trinajstić information content (AvgIpc) is 2.72. The molecular weight excluding hydrogens is 230 g/mol. The van der Waals surface area contributed by atoms with Crippen molar-refractivity contribution in [2.24, 2.45) is 0 Å². The van der Waals surface area contributed by atoms with Gasteiger partial charge in [-0.3, -0.25) is 0 Å². The van der Waals surface area contributed by atoms with Crippen LogP contribution in [-0.2, 0) is 5.41 Å². The third-order valence-electron chi connectivity index (χ3n) is 5.42. The van der Waals surface area contributed by atoms with E-state index in [1.54, 1.807) is 11.1 Å². The normalized spacial score (nSPS) is 31.4. The molecule has 0 amide bonds. The molecule has 0 spiro atoms. The zero-order valence-electron chi connectivity index (χ0n) is 12.4. The Morgan fingerprint density at radius 1 is 1.16 bits per heavy atom. The second-order valence-electron chi connectivity index (χ2n) is 6.81. The maximum absolute atomic E-state index is 3.62. The van der Waals surface area contributed by atoms with Gasteiger partial charge in [0.2, 0.25) is 0 Å². The van der Waals surface area contributed by atoms with Crippen molar-refractivity contribution in [2.75, 3.05) is 6.54 Å². The van der Waals surface area contributed by atoms with Crippen molar-refractivity contribution in [3.63, 3.8) is 0 Å². The first-order valence-electron chi connectivity index (χ1n) is 8.05. The third-order valence-corrected chi connectivity index (χ3v) is 5.42. The molecule has 0 radical (unpaired) electrons. The van der Waals surface area contributed by atoms with Gasteiger partial charge < -0.3 is 5.32 Å². The third kappa shape index (κ3) is 2.58. The van der Waals surface area contributed by atoms with Crippen molar-refractivity contribution in [1.82, 2.24) is 5.32 Å². The number of rotatable bonds is 4. The van der Waals surface area contributed by atoms with Crippen LogP contribution in [0.15, 0.2) is 24.3 Å². The van der Waals surface area contributed by atoms with E-state index in [4.69, 9.17) is 0 Å². The summed E-state index contributed by atoms with van der Waals surface area (Å²) >= 11 is 0. The SMILES string of the molecule is CCNC1CCC(C)(c2ccc(C3CCC3)cc2)C1. The Balaban J connectivity index is 1.71. The maximum atomic E-state index is 3.62. The minimum Gasteiger partial charge on any atom is -0.314 e. The highest BCUT2D eigenvalue weighted by Crippen LogP contribution is 2.42. The molecule has 2 saturated carbocycles. The zero-order valence-corrected chi connectivity index (χ0v) is 12.4. The second kappa shape index (κ2) is 5.28. The standard InChI is InChI=1S/C18H27N/c1-3-19-17-11-12-18(2,13-17)16-9-7-15(8-10-16)14-5-4-6-14/h7-10,14,17,19H,3-6,11-13H2,1-2H3. The lowest BCUT2D eigenvalue weighted by molar-refractivity contribution is 0.418. The lowest BCUT2D eigenvalue weighted by Crippen LogP contribution is -2.28. The highest BCUT2D eigenvalue weighted by Gasteiger charge is 2.36. The molecule has 2 aliphatic carbocycles. The first-order valence-corrected chi connectivity index (χ1v) is 8.05. The molecule has 2 fully saturated rings. The zero-order chi connectivity index (χ0) is 13.3. The van der Waals surface area contributed by atoms with Crippen LogP contribution in [0.4, 0.5) is 0 Å². The van der Waals surface area contributed by atoms with Gasteiger partial charge in [-0.2, -0.15) is 0 Å². The van der Waals surface area contributed by atoms with Gasteiger partial charge in [-0.25, -0.2) is 0 Å². The van der Waals surface area contributed by atoms with Gasteiger partial charge in [-0.05, 0) is 61.1 Å². The Labute approximate surface area is 117 Å². The van der Waals surface area contributed by atoms with E-state index in [0.717, 1.165) is 18.5 Å². The predicted octanol–water partition coefficient (Wildman–Crippen LogP) is 4.37. The lowest BCUT2D eigenvalue weighted by Gasteiger charge is -2.28. The van der Waals surface area contributed by atoms with Gasteiger partial charge >= 0.3 is 0 Å². The molecule has 0 saturated heterocycles. The molecule has 19 heavy (non-hydrogen) atoms.